The third-order valence-electron chi connectivity index (χ3n) is 2.30. The average Bonchev–Trinajstić information content (AvgIpc) is 2.26. The molecule has 0 heterocycles. The molecule has 0 saturated carbocycles. The lowest BCUT2D eigenvalue weighted by atomic mass is 9.96. The number of carbonyl (C=O) groups is 2. The van der Waals surface area contributed by atoms with E-state index in [-0.39, 0.29) is 6.42 Å². The molecule has 0 aromatic rings. The second kappa shape index (κ2) is 8.91. The molecule has 17 heavy (non-hydrogen) atoms. The van der Waals surface area contributed by atoms with Crippen molar-refractivity contribution >= 4 is 11.9 Å². The third kappa shape index (κ3) is 7.67. The second-order valence-electron chi connectivity index (χ2n) is 3.67. The summed E-state index contributed by atoms with van der Waals surface area (Å²) in [6, 6.07) is -1.08. The fraction of sp³-hybridized carbons (Fsp3) is 0.800. The van der Waals surface area contributed by atoms with Crippen molar-refractivity contribution in [2.45, 2.75) is 18.9 Å². The van der Waals surface area contributed by atoms with Gasteiger partial charge in [-0.25, -0.2) is 0 Å². The number of primary amides is 1. The molecular formula is C10H20N2O5. The second-order valence-corrected chi connectivity index (χ2v) is 3.67. The summed E-state index contributed by atoms with van der Waals surface area (Å²) in [7, 11) is 1.56. The fourth-order valence-corrected chi connectivity index (χ4v) is 1.25. The molecule has 0 aliphatic heterocycles. The summed E-state index contributed by atoms with van der Waals surface area (Å²) in [5.74, 6) is -2.28. The standard InChI is InChI=1S/C10H20N2O5/c1-16-4-5-17-3-2-7(9(12)13)6-8(11)10(14)15/h7-8H,2-6,11H2,1H3,(H2,12,13)(H,14,15)/t7?,8-/m0/s1. The number of hydrogen-bond donors (Lipinski definition) is 3. The van der Waals surface area contributed by atoms with Crippen molar-refractivity contribution in [1.82, 2.24) is 0 Å². The van der Waals surface area contributed by atoms with Crippen molar-refractivity contribution in [3.63, 3.8) is 0 Å². The molecule has 7 heteroatoms. The smallest absolute Gasteiger partial charge is 0.320 e. The van der Waals surface area contributed by atoms with E-state index in [0.717, 1.165) is 0 Å². The van der Waals surface area contributed by atoms with Crippen LogP contribution in [0.4, 0.5) is 0 Å². The van der Waals surface area contributed by atoms with Crippen LogP contribution >= 0.6 is 0 Å². The van der Waals surface area contributed by atoms with Crippen LogP contribution in [0.5, 0.6) is 0 Å². The van der Waals surface area contributed by atoms with Gasteiger partial charge in [-0.15, -0.1) is 0 Å². The highest BCUT2D eigenvalue weighted by Gasteiger charge is 2.22. The van der Waals surface area contributed by atoms with Crippen molar-refractivity contribution in [2.24, 2.45) is 17.4 Å². The molecule has 7 nitrogen and oxygen atoms in total. The largest absolute Gasteiger partial charge is 0.480 e. The molecule has 0 aromatic carbocycles. The number of rotatable bonds is 10. The molecule has 5 N–H and O–H groups in total. The number of carboxylic acid groups (broad SMARTS) is 1. The van der Waals surface area contributed by atoms with Crippen molar-refractivity contribution in [3.8, 4) is 0 Å². The zero-order valence-corrected chi connectivity index (χ0v) is 9.93. The van der Waals surface area contributed by atoms with Gasteiger partial charge >= 0.3 is 5.97 Å². The van der Waals surface area contributed by atoms with Crippen LogP contribution in [-0.4, -0.2) is 50.0 Å². The summed E-state index contributed by atoms with van der Waals surface area (Å²) in [5.41, 5.74) is 10.5. The molecule has 1 amide bonds. The number of aliphatic carboxylic acids is 1. The van der Waals surface area contributed by atoms with E-state index < -0.39 is 23.8 Å². The van der Waals surface area contributed by atoms with Crippen LogP contribution in [0.25, 0.3) is 0 Å². The van der Waals surface area contributed by atoms with Crippen LogP contribution in [0.3, 0.4) is 0 Å². The Morgan fingerprint density at radius 2 is 1.94 bits per heavy atom. The molecule has 0 aliphatic carbocycles. The molecular weight excluding hydrogens is 228 g/mol. The fourth-order valence-electron chi connectivity index (χ4n) is 1.25. The maximum Gasteiger partial charge on any atom is 0.320 e. The van der Waals surface area contributed by atoms with Crippen LogP contribution in [0.2, 0.25) is 0 Å². The number of ether oxygens (including phenoxy) is 2. The molecule has 0 aromatic heterocycles. The van der Waals surface area contributed by atoms with Crippen molar-refractivity contribution in [1.29, 1.82) is 0 Å². The summed E-state index contributed by atoms with van der Waals surface area (Å²) < 4.78 is 9.95. The predicted molar refractivity (Wildman–Crippen MR) is 60.2 cm³/mol. The van der Waals surface area contributed by atoms with Crippen LogP contribution < -0.4 is 11.5 Å². The lowest BCUT2D eigenvalue weighted by Crippen LogP contribution is -2.36. The first-order chi connectivity index (χ1) is 7.99. The molecule has 0 radical (unpaired) electrons. The zero-order valence-electron chi connectivity index (χ0n) is 9.93. The van der Waals surface area contributed by atoms with Gasteiger partial charge in [0.1, 0.15) is 6.04 Å². The van der Waals surface area contributed by atoms with Gasteiger partial charge in [0.2, 0.25) is 5.91 Å². The Labute approximate surface area is 100 Å². The summed E-state index contributed by atoms with van der Waals surface area (Å²) in [6.45, 7) is 1.21. The average molecular weight is 248 g/mol. The Kier molecular flexibility index (Phi) is 8.29. The Bertz CT molecular complexity index is 247. The maximum atomic E-state index is 11.1. The van der Waals surface area contributed by atoms with E-state index in [9.17, 15) is 9.59 Å². The highest BCUT2D eigenvalue weighted by atomic mass is 16.5. The van der Waals surface area contributed by atoms with Gasteiger partial charge in [-0.3, -0.25) is 9.59 Å². The first kappa shape index (κ1) is 15.8. The Balaban J connectivity index is 3.91. The number of carbonyl (C=O) groups excluding carboxylic acids is 1. The first-order valence-corrected chi connectivity index (χ1v) is 5.33. The quantitative estimate of drug-likeness (QED) is 0.423. The van der Waals surface area contributed by atoms with Gasteiger partial charge in [0.05, 0.1) is 13.2 Å². The molecule has 1 unspecified atom stereocenters. The van der Waals surface area contributed by atoms with Crippen LogP contribution in [0.1, 0.15) is 12.8 Å². The van der Waals surface area contributed by atoms with Crippen molar-refractivity contribution in [3.05, 3.63) is 0 Å². The Morgan fingerprint density at radius 3 is 2.41 bits per heavy atom. The van der Waals surface area contributed by atoms with Crippen molar-refractivity contribution < 1.29 is 24.2 Å². The van der Waals surface area contributed by atoms with Gasteiger partial charge in [-0.05, 0) is 12.8 Å². The van der Waals surface area contributed by atoms with Gasteiger partial charge in [-0.1, -0.05) is 0 Å². The van der Waals surface area contributed by atoms with E-state index >= 15 is 0 Å². The van der Waals surface area contributed by atoms with E-state index in [2.05, 4.69) is 0 Å². The summed E-state index contributed by atoms with van der Waals surface area (Å²) in [6.07, 6.45) is 0.387. The molecule has 0 bridgehead atoms. The molecule has 0 rings (SSSR count). The lowest BCUT2D eigenvalue weighted by molar-refractivity contribution is -0.139. The van der Waals surface area contributed by atoms with Gasteiger partial charge < -0.3 is 26.0 Å². The molecule has 0 aliphatic rings. The third-order valence-corrected chi connectivity index (χ3v) is 2.30. The Morgan fingerprint density at radius 1 is 1.29 bits per heavy atom. The van der Waals surface area contributed by atoms with E-state index in [1.807, 2.05) is 0 Å². The number of nitrogens with two attached hydrogens (primary N) is 2. The SMILES string of the molecule is COCCOCCC(C[C@H](N)C(=O)O)C(N)=O. The normalized spacial score (nSPS) is 14.2. The molecule has 0 spiro atoms. The monoisotopic (exact) mass is 248 g/mol. The lowest BCUT2D eigenvalue weighted by Gasteiger charge is -2.15. The first-order valence-electron chi connectivity index (χ1n) is 5.33. The van der Waals surface area contributed by atoms with Crippen LogP contribution in [-0.2, 0) is 19.1 Å². The van der Waals surface area contributed by atoms with E-state index in [0.29, 0.717) is 26.2 Å². The highest BCUT2D eigenvalue weighted by molar-refractivity contribution is 5.79. The molecule has 0 saturated heterocycles. The molecule has 2 atom stereocenters. The van der Waals surface area contributed by atoms with Crippen LogP contribution in [0, 0.1) is 5.92 Å². The van der Waals surface area contributed by atoms with Gasteiger partial charge in [0.15, 0.2) is 0 Å². The zero-order chi connectivity index (χ0) is 13.3. The molecule has 100 valence electrons. The molecule has 0 fully saturated rings. The summed E-state index contributed by atoms with van der Waals surface area (Å²) in [5, 5.41) is 8.63. The number of methoxy groups -OCH3 is 1. The van der Waals surface area contributed by atoms with E-state index in [1.165, 1.54) is 0 Å². The van der Waals surface area contributed by atoms with Crippen LogP contribution in [0.15, 0.2) is 0 Å². The predicted octanol–water partition coefficient (Wildman–Crippen LogP) is -1.06. The van der Waals surface area contributed by atoms with Gasteiger partial charge in [0, 0.05) is 19.6 Å². The minimum Gasteiger partial charge on any atom is -0.480 e. The number of hydrogen-bond acceptors (Lipinski definition) is 5. The van der Waals surface area contributed by atoms with E-state index in [1.54, 1.807) is 7.11 Å². The minimum absolute atomic E-state index is 0.0261. The highest BCUT2D eigenvalue weighted by Crippen LogP contribution is 2.10. The number of amides is 1. The van der Waals surface area contributed by atoms with Crippen molar-refractivity contribution in [2.75, 3.05) is 26.9 Å². The maximum absolute atomic E-state index is 11.1. The topological polar surface area (TPSA) is 125 Å². The summed E-state index contributed by atoms with van der Waals surface area (Å²) in [4.78, 5) is 21.6. The van der Waals surface area contributed by atoms with Gasteiger partial charge in [0.25, 0.3) is 0 Å². The Hall–Kier alpha value is -1.18. The summed E-state index contributed by atoms with van der Waals surface area (Å²) >= 11 is 0. The minimum atomic E-state index is -1.14. The van der Waals surface area contributed by atoms with Gasteiger partial charge in [-0.2, -0.15) is 0 Å². The van der Waals surface area contributed by atoms with E-state index in [4.69, 9.17) is 26.0 Å². The number of carboxylic acids is 1.